The lowest BCUT2D eigenvalue weighted by Gasteiger charge is -2.52. The van der Waals surface area contributed by atoms with Crippen LogP contribution in [-0.4, -0.2) is 67.0 Å². The van der Waals surface area contributed by atoms with Gasteiger partial charge in [-0.1, -0.05) is 0 Å². The largest absolute Gasteiger partial charge is 0.486 e. The normalized spacial score (nSPS) is 29.2. The SMILES string of the molecule is O=C(CN1C[C@H]2C[C@H](C1)[C@H]1CCCC(=O)N1C2)Nc1ccc2c(c1)OCCO2. The number of hydrogen-bond donors (Lipinski definition) is 1. The number of carbonyl (C=O) groups is 2. The van der Waals surface area contributed by atoms with E-state index in [1.165, 1.54) is 6.42 Å². The van der Waals surface area contributed by atoms with Crippen LogP contribution in [0.15, 0.2) is 18.2 Å². The average Bonchev–Trinajstić information content (AvgIpc) is 2.68. The van der Waals surface area contributed by atoms with Crippen molar-refractivity contribution in [3.8, 4) is 11.5 Å². The highest BCUT2D eigenvalue weighted by atomic mass is 16.6. The minimum absolute atomic E-state index is 0.00627. The van der Waals surface area contributed by atoms with Crippen molar-refractivity contribution in [1.82, 2.24) is 9.80 Å². The molecule has 2 bridgehead atoms. The summed E-state index contributed by atoms with van der Waals surface area (Å²) in [5.74, 6) is 2.71. The zero-order valence-corrected chi connectivity index (χ0v) is 16.1. The lowest BCUT2D eigenvalue weighted by atomic mass is 9.76. The summed E-state index contributed by atoms with van der Waals surface area (Å²) < 4.78 is 11.1. The van der Waals surface area contributed by atoms with E-state index in [1.807, 2.05) is 18.2 Å². The second-order valence-electron chi connectivity index (χ2n) is 8.47. The molecule has 150 valence electrons. The minimum Gasteiger partial charge on any atom is -0.486 e. The molecular formula is C21H27N3O4. The van der Waals surface area contributed by atoms with E-state index in [9.17, 15) is 9.59 Å². The van der Waals surface area contributed by atoms with E-state index in [2.05, 4.69) is 15.1 Å². The Morgan fingerprint density at radius 1 is 1.14 bits per heavy atom. The molecule has 4 heterocycles. The van der Waals surface area contributed by atoms with Gasteiger partial charge in [0.05, 0.1) is 6.54 Å². The van der Waals surface area contributed by atoms with Crippen molar-refractivity contribution in [2.45, 2.75) is 31.7 Å². The number of carbonyl (C=O) groups excluding carboxylic acids is 2. The van der Waals surface area contributed by atoms with Crippen molar-refractivity contribution in [1.29, 1.82) is 0 Å². The van der Waals surface area contributed by atoms with Gasteiger partial charge in [-0.2, -0.15) is 0 Å². The van der Waals surface area contributed by atoms with Crippen LogP contribution in [-0.2, 0) is 9.59 Å². The number of ether oxygens (including phenoxy) is 2. The molecule has 7 heteroatoms. The number of likely N-dealkylation sites (tertiary alicyclic amines) is 1. The molecule has 0 unspecified atom stereocenters. The lowest BCUT2D eigenvalue weighted by molar-refractivity contribution is -0.145. The summed E-state index contributed by atoms with van der Waals surface area (Å²) in [6.45, 7) is 4.13. The summed E-state index contributed by atoms with van der Waals surface area (Å²) in [6, 6.07) is 5.88. The topological polar surface area (TPSA) is 71.1 Å². The summed E-state index contributed by atoms with van der Waals surface area (Å²) in [4.78, 5) is 29.3. The number of nitrogens with zero attached hydrogens (tertiary/aromatic N) is 2. The fourth-order valence-electron chi connectivity index (χ4n) is 5.37. The van der Waals surface area contributed by atoms with Gasteiger partial charge in [0.1, 0.15) is 13.2 Å². The molecule has 1 aromatic rings. The second kappa shape index (κ2) is 7.28. The van der Waals surface area contributed by atoms with Gasteiger partial charge < -0.3 is 19.7 Å². The molecule has 28 heavy (non-hydrogen) atoms. The van der Waals surface area contributed by atoms with Crippen molar-refractivity contribution in [2.24, 2.45) is 11.8 Å². The Kier molecular flexibility index (Phi) is 4.62. The zero-order valence-electron chi connectivity index (χ0n) is 16.1. The zero-order chi connectivity index (χ0) is 19.1. The maximum Gasteiger partial charge on any atom is 0.238 e. The fourth-order valence-corrected chi connectivity index (χ4v) is 5.37. The summed E-state index contributed by atoms with van der Waals surface area (Å²) in [6.07, 6.45) is 4.01. The Labute approximate surface area is 165 Å². The maximum atomic E-state index is 12.6. The standard InChI is InChI=1S/C21H27N3O4/c25-20(22-16-4-5-18-19(9-16)28-7-6-27-18)13-23-10-14-8-15(12-23)17-2-1-3-21(26)24(17)11-14/h4-5,9,14-15,17H,1-3,6-8,10-13H2,(H,22,25)/t14-,15-,17-/m1/s1. The van der Waals surface area contributed by atoms with Gasteiger partial charge in [0.15, 0.2) is 11.5 Å². The first-order chi connectivity index (χ1) is 13.7. The third-order valence-electron chi connectivity index (χ3n) is 6.45. The molecule has 4 aliphatic heterocycles. The van der Waals surface area contributed by atoms with Crippen molar-refractivity contribution in [3.05, 3.63) is 18.2 Å². The van der Waals surface area contributed by atoms with Crippen LogP contribution in [0, 0.1) is 11.8 Å². The van der Waals surface area contributed by atoms with Gasteiger partial charge in [-0.25, -0.2) is 0 Å². The Morgan fingerprint density at radius 2 is 2.00 bits per heavy atom. The van der Waals surface area contributed by atoms with Crippen LogP contribution in [0.4, 0.5) is 5.69 Å². The molecule has 3 fully saturated rings. The van der Waals surface area contributed by atoms with E-state index in [0.717, 1.165) is 43.9 Å². The van der Waals surface area contributed by atoms with Crippen LogP contribution in [0.5, 0.6) is 11.5 Å². The van der Waals surface area contributed by atoms with Crippen molar-refractivity contribution >= 4 is 17.5 Å². The third kappa shape index (κ3) is 3.43. The first-order valence-corrected chi connectivity index (χ1v) is 10.4. The number of rotatable bonds is 3. The molecule has 3 saturated heterocycles. The van der Waals surface area contributed by atoms with Crippen molar-refractivity contribution in [2.75, 3.05) is 44.7 Å². The molecule has 5 rings (SSSR count). The third-order valence-corrected chi connectivity index (χ3v) is 6.45. The summed E-state index contributed by atoms with van der Waals surface area (Å²) in [5.41, 5.74) is 0.732. The molecule has 4 aliphatic rings. The van der Waals surface area contributed by atoms with Gasteiger partial charge in [0.25, 0.3) is 0 Å². The minimum atomic E-state index is -0.00627. The molecular weight excluding hydrogens is 358 g/mol. The van der Waals surface area contributed by atoms with Crippen LogP contribution >= 0.6 is 0 Å². The molecule has 3 atom stereocenters. The molecule has 7 nitrogen and oxygen atoms in total. The van der Waals surface area contributed by atoms with Crippen LogP contribution in [0.3, 0.4) is 0 Å². The molecule has 0 spiro atoms. The predicted molar refractivity (Wildman–Crippen MR) is 103 cm³/mol. The number of hydrogen-bond acceptors (Lipinski definition) is 5. The summed E-state index contributed by atoms with van der Waals surface area (Å²) in [5, 5.41) is 2.99. The highest BCUT2D eigenvalue weighted by molar-refractivity contribution is 5.92. The Bertz CT molecular complexity index is 783. The molecule has 1 aromatic carbocycles. The Morgan fingerprint density at radius 3 is 2.89 bits per heavy atom. The average molecular weight is 385 g/mol. The number of nitrogens with one attached hydrogen (secondary N) is 1. The van der Waals surface area contributed by atoms with E-state index < -0.39 is 0 Å². The van der Waals surface area contributed by atoms with E-state index in [1.54, 1.807) is 0 Å². The van der Waals surface area contributed by atoms with Gasteiger partial charge in [0, 0.05) is 43.9 Å². The number of fused-ring (bicyclic) bond motifs is 5. The van der Waals surface area contributed by atoms with Gasteiger partial charge in [-0.15, -0.1) is 0 Å². The van der Waals surface area contributed by atoms with E-state index in [4.69, 9.17) is 9.47 Å². The summed E-state index contributed by atoms with van der Waals surface area (Å²) in [7, 11) is 0. The Hall–Kier alpha value is -2.28. The Balaban J connectivity index is 1.20. The smallest absolute Gasteiger partial charge is 0.238 e. The second-order valence-corrected chi connectivity index (χ2v) is 8.47. The highest BCUT2D eigenvalue weighted by Gasteiger charge is 2.44. The van der Waals surface area contributed by atoms with Crippen LogP contribution in [0.25, 0.3) is 0 Å². The number of amides is 2. The number of anilines is 1. The van der Waals surface area contributed by atoms with Gasteiger partial charge in [-0.3, -0.25) is 14.5 Å². The van der Waals surface area contributed by atoms with Crippen LogP contribution in [0.2, 0.25) is 0 Å². The van der Waals surface area contributed by atoms with E-state index in [-0.39, 0.29) is 5.91 Å². The van der Waals surface area contributed by atoms with Crippen LogP contribution in [0.1, 0.15) is 25.7 Å². The van der Waals surface area contributed by atoms with Crippen LogP contribution < -0.4 is 14.8 Å². The van der Waals surface area contributed by atoms with Gasteiger partial charge in [-0.05, 0) is 43.2 Å². The van der Waals surface area contributed by atoms with Crippen molar-refractivity contribution < 1.29 is 19.1 Å². The predicted octanol–water partition coefficient (Wildman–Crippen LogP) is 1.73. The van der Waals surface area contributed by atoms with Gasteiger partial charge >= 0.3 is 0 Å². The molecule has 2 amide bonds. The fraction of sp³-hybridized carbons (Fsp3) is 0.619. The number of piperidine rings is 3. The van der Waals surface area contributed by atoms with Crippen molar-refractivity contribution in [3.63, 3.8) is 0 Å². The lowest BCUT2D eigenvalue weighted by Crippen LogP contribution is -2.61. The maximum absolute atomic E-state index is 12.6. The monoisotopic (exact) mass is 385 g/mol. The number of benzene rings is 1. The van der Waals surface area contributed by atoms with E-state index >= 15 is 0 Å². The highest BCUT2D eigenvalue weighted by Crippen LogP contribution is 2.38. The molecule has 1 N–H and O–H groups in total. The first kappa shape index (κ1) is 17.8. The summed E-state index contributed by atoms with van der Waals surface area (Å²) >= 11 is 0. The molecule has 0 aliphatic carbocycles. The molecule has 0 radical (unpaired) electrons. The first-order valence-electron chi connectivity index (χ1n) is 10.4. The van der Waals surface area contributed by atoms with Gasteiger partial charge in [0.2, 0.25) is 11.8 Å². The van der Waals surface area contributed by atoms with E-state index in [0.29, 0.717) is 55.7 Å². The molecule has 0 saturated carbocycles. The quantitative estimate of drug-likeness (QED) is 0.858. The molecule has 0 aromatic heterocycles.